The van der Waals surface area contributed by atoms with Gasteiger partial charge in [0.2, 0.25) is 0 Å². The van der Waals surface area contributed by atoms with Gasteiger partial charge < -0.3 is 132 Å². The van der Waals surface area contributed by atoms with Crippen LogP contribution in [0.4, 0.5) is 0 Å². The molecule has 0 aromatic carbocycles. The zero-order valence-electron chi connectivity index (χ0n) is 18.7. The van der Waals surface area contributed by atoms with Gasteiger partial charge >= 0.3 is 154 Å². The van der Waals surface area contributed by atoms with Crippen molar-refractivity contribution in [3.05, 3.63) is 42.5 Å². The molecule has 0 aliphatic carbocycles. The summed E-state index contributed by atoms with van der Waals surface area (Å²) in [6.07, 6.45) is 4.00. The van der Waals surface area contributed by atoms with E-state index in [0.29, 0.717) is 0 Å². The van der Waals surface area contributed by atoms with Crippen molar-refractivity contribution < 1.29 is 185 Å². The molecule has 0 heterocycles. The van der Waals surface area contributed by atoms with Gasteiger partial charge in [0.1, 0.15) is 0 Å². The Morgan fingerprint density at radius 3 is 0.607 bits per heavy atom. The molecular weight excluding hydrogens is 562 g/mol. The predicted octanol–water partition coefficient (Wildman–Crippen LogP) is -3.80. The summed E-state index contributed by atoms with van der Waals surface area (Å²) < 4.78 is -0.819. The summed E-state index contributed by atoms with van der Waals surface area (Å²) in [4.78, 5) is 9.89. The van der Waals surface area contributed by atoms with Gasteiger partial charge in [-0.1, -0.05) is 0 Å². The van der Waals surface area contributed by atoms with Crippen molar-refractivity contribution in [2.45, 2.75) is 27.7 Å². The third-order valence-corrected chi connectivity index (χ3v) is 0.671. The Bertz CT molecular complexity index is 212. The first-order chi connectivity index (χ1) is 9.64. The van der Waals surface area contributed by atoms with E-state index < -0.39 is 0 Å². The third kappa shape index (κ3) is 228. The van der Waals surface area contributed by atoms with Crippen LogP contribution in [0.25, 0.3) is 0 Å². The van der Waals surface area contributed by atoms with E-state index >= 15 is 0 Å². The Labute approximate surface area is 334 Å². The van der Waals surface area contributed by atoms with E-state index in [9.17, 15) is 0 Å². The second kappa shape index (κ2) is 85.1. The summed E-state index contributed by atoms with van der Waals surface area (Å²) >= 11 is 24.2. The van der Waals surface area contributed by atoms with Gasteiger partial charge in [-0.15, -0.1) is 0 Å². The van der Waals surface area contributed by atoms with Gasteiger partial charge in [0.15, 0.2) is 0 Å². The molecule has 0 aliphatic rings. The summed E-state index contributed by atoms with van der Waals surface area (Å²) in [7, 11) is 0. The van der Waals surface area contributed by atoms with Crippen LogP contribution in [0.3, 0.4) is 0 Å². The fourth-order valence-corrected chi connectivity index (χ4v) is 0. The summed E-state index contributed by atoms with van der Waals surface area (Å²) in [5.41, 5.74) is 0. The molecule has 0 rings (SSSR count). The van der Waals surface area contributed by atoms with E-state index in [4.69, 9.17) is 15.8 Å². The van der Waals surface area contributed by atoms with Crippen molar-refractivity contribution in [2.75, 3.05) is 0 Å². The Morgan fingerprint density at radius 2 is 0.607 bits per heavy atom. The van der Waals surface area contributed by atoms with Gasteiger partial charge in [-0.2, -0.15) is 27.7 Å². The maximum absolute atomic E-state index is 7.40. The molecule has 0 fully saturated rings. The molecule has 0 aliphatic heterocycles. The molecule has 3 N–H and O–H groups in total. The molecular formula is C13H29K3O6S6-6. The molecule has 6 nitrogen and oxygen atoms in total. The zero-order valence-corrected chi connectivity index (χ0v) is 32.9. The first kappa shape index (κ1) is 76.6. The standard InChI is InChI=1S/2C3H7.3CH2O2S2.4CH3.3K/c2*1-3-2;3*2-3-1(4)5;;;;;;;/h2*3H,1-2H3;3*2H,(H,4,5);4*1H3;;;/q2*-1;;;;4*-1;3*+1/p-3. The minimum Gasteiger partial charge on any atom is -0.387 e. The first-order valence-electron chi connectivity index (χ1n) is 4.69. The monoisotopic (exact) mass is 590 g/mol. The Hall–Kier alpha value is 5.12. The van der Waals surface area contributed by atoms with E-state index in [-0.39, 0.29) is 197 Å². The van der Waals surface area contributed by atoms with Crippen LogP contribution in [0.2, 0.25) is 0 Å². The average molecular weight is 591 g/mol. The molecule has 162 valence electrons. The van der Waals surface area contributed by atoms with Crippen LogP contribution in [0, 0.1) is 42.5 Å². The van der Waals surface area contributed by atoms with Gasteiger partial charge in [0, 0.05) is 0 Å². The van der Waals surface area contributed by atoms with Crippen LogP contribution < -0.4 is 154 Å². The van der Waals surface area contributed by atoms with Crippen LogP contribution in [0.15, 0.2) is 0 Å². The molecule has 0 saturated carbocycles. The van der Waals surface area contributed by atoms with E-state index in [1.807, 2.05) is 40.5 Å². The van der Waals surface area contributed by atoms with Gasteiger partial charge in [-0.25, -0.2) is 15.8 Å². The smallest absolute Gasteiger partial charge is 0.387 e. The Balaban J connectivity index is -0.0000000109. The van der Waals surface area contributed by atoms with E-state index in [1.54, 1.807) is 0 Å². The molecule has 0 unspecified atom stereocenters. The summed E-state index contributed by atoms with van der Waals surface area (Å²) in [5.74, 6) is 0. The minimum absolute atomic E-state index is 0. The van der Waals surface area contributed by atoms with Gasteiger partial charge in [-0.05, 0) is 0 Å². The largest absolute Gasteiger partial charge is 1.00 e. The van der Waals surface area contributed by atoms with Crippen molar-refractivity contribution in [2.24, 2.45) is 0 Å². The summed E-state index contributed by atoms with van der Waals surface area (Å²) in [5, 5.41) is 22.2. The van der Waals surface area contributed by atoms with E-state index in [2.05, 4.69) is 89.2 Å². The van der Waals surface area contributed by atoms with Gasteiger partial charge in [0.05, 0.1) is 13.1 Å². The molecule has 0 amide bonds. The molecule has 0 spiro atoms. The topological polar surface area (TPSA) is 88.4 Å². The zero-order chi connectivity index (χ0) is 18.3. The van der Waals surface area contributed by atoms with Crippen LogP contribution in [-0.4, -0.2) is 28.9 Å². The van der Waals surface area contributed by atoms with Gasteiger partial charge in [-0.3, -0.25) is 0 Å². The normalized spacial score (nSPS) is 4.82. The van der Waals surface area contributed by atoms with E-state index in [1.165, 1.54) is 0 Å². The molecule has 28 heavy (non-hydrogen) atoms. The van der Waals surface area contributed by atoms with Crippen molar-refractivity contribution in [3.8, 4) is 0 Å². The van der Waals surface area contributed by atoms with Crippen LogP contribution in [0.1, 0.15) is 27.7 Å². The van der Waals surface area contributed by atoms with Crippen molar-refractivity contribution in [3.63, 3.8) is 0 Å². The third-order valence-electron chi connectivity index (χ3n) is 0.224. The molecule has 0 saturated heterocycles. The van der Waals surface area contributed by atoms with Crippen LogP contribution >= 0.6 is 36.7 Å². The van der Waals surface area contributed by atoms with E-state index in [0.717, 1.165) is 0 Å². The maximum atomic E-state index is 7.40. The maximum Gasteiger partial charge on any atom is 1.00 e. The molecule has 0 aromatic heterocycles. The second-order valence-electron chi connectivity index (χ2n) is 2.18. The SMILES string of the molecule is C[CH-]C.C[CH-]C.OOC(=S)[S-].OOC(=S)[S-].OOC(=S)[S-].[CH3-].[CH3-].[CH3-].[CH3-].[K+].[K+].[K+]. The second-order valence-corrected chi connectivity index (χ2v) is 5.18. The number of thiocarbonyl (C=S) groups is 3. The quantitative estimate of drug-likeness (QED) is 0.0646. The summed E-state index contributed by atoms with van der Waals surface area (Å²) in [6.45, 7) is 8.00. The molecule has 0 aromatic rings. The summed E-state index contributed by atoms with van der Waals surface area (Å²) in [6, 6.07) is 0. The average Bonchev–Trinajstić information content (AvgIpc) is 2.41. The fraction of sp³-hybridized carbons (Fsp3) is 0.308. The van der Waals surface area contributed by atoms with Crippen molar-refractivity contribution >= 4 is 87.7 Å². The fourth-order valence-electron chi connectivity index (χ4n) is 0. The first-order valence-corrected chi connectivity index (χ1v) is 7.14. The van der Waals surface area contributed by atoms with Crippen molar-refractivity contribution in [1.29, 1.82) is 0 Å². The molecule has 0 atom stereocenters. The van der Waals surface area contributed by atoms with Crippen LogP contribution in [0.5, 0.6) is 0 Å². The number of hydrogen-bond acceptors (Lipinski definition) is 12. The number of hydrogen-bond donors (Lipinski definition) is 3. The number of rotatable bonds is 0. The molecule has 15 heteroatoms. The van der Waals surface area contributed by atoms with Crippen molar-refractivity contribution in [1.82, 2.24) is 0 Å². The van der Waals surface area contributed by atoms with Crippen LogP contribution in [-0.2, 0) is 52.5 Å². The minimum atomic E-state index is -0.273. The predicted molar refractivity (Wildman–Crippen MR) is 128 cm³/mol. The Kier molecular flexibility index (Phi) is 233. The molecule has 0 bridgehead atoms. The van der Waals surface area contributed by atoms with Gasteiger partial charge in [0.25, 0.3) is 0 Å². The Morgan fingerprint density at radius 1 is 0.571 bits per heavy atom. The molecule has 0 radical (unpaired) electrons.